The minimum Gasteiger partial charge on any atom is -0.494 e. The monoisotopic (exact) mass is 500 g/mol. The van der Waals surface area contributed by atoms with Crippen LogP contribution in [0.15, 0.2) is 77.7 Å². The third kappa shape index (κ3) is 7.71. The number of anilines is 1. The van der Waals surface area contributed by atoms with Gasteiger partial charge in [0.15, 0.2) is 0 Å². The molecule has 0 saturated heterocycles. The summed E-state index contributed by atoms with van der Waals surface area (Å²) in [6, 6.07) is 17.8. The lowest BCUT2D eigenvalue weighted by Crippen LogP contribution is -2.37. The lowest BCUT2D eigenvalue weighted by atomic mass is 10.1. The van der Waals surface area contributed by atoms with E-state index in [2.05, 4.69) is 5.32 Å². The number of hydrogen-bond donors (Lipinski definition) is 1. The van der Waals surface area contributed by atoms with E-state index in [1.807, 2.05) is 20.8 Å². The predicted molar refractivity (Wildman–Crippen MR) is 133 cm³/mol. The number of hydrogen-bond acceptors (Lipinski definition) is 5. The second-order valence-corrected chi connectivity index (χ2v) is 9.84. The van der Waals surface area contributed by atoms with Crippen LogP contribution in [0, 0.1) is 11.7 Å². The molecule has 0 aliphatic heterocycles. The molecule has 9 heteroatoms. The maximum atomic E-state index is 13.1. The molecule has 186 valence electrons. The molecular formula is C26H29FN2O5S. The Labute approximate surface area is 205 Å². The first-order valence-corrected chi connectivity index (χ1v) is 12.6. The second kappa shape index (κ2) is 11.7. The summed E-state index contributed by atoms with van der Waals surface area (Å²) < 4.78 is 48.5. The molecule has 3 rings (SSSR count). The van der Waals surface area contributed by atoms with Gasteiger partial charge >= 0.3 is 16.1 Å². The fourth-order valence-electron chi connectivity index (χ4n) is 3.31. The fraction of sp³-hybridized carbons (Fsp3) is 0.269. The van der Waals surface area contributed by atoms with Gasteiger partial charge in [0.1, 0.15) is 22.2 Å². The van der Waals surface area contributed by atoms with Gasteiger partial charge in [0.25, 0.3) is 0 Å². The van der Waals surface area contributed by atoms with Crippen LogP contribution in [-0.4, -0.2) is 32.5 Å². The number of carbonyl (C=O) groups excluding carboxylic acids is 1. The first kappa shape index (κ1) is 26.0. The van der Waals surface area contributed by atoms with Crippen LogP contribution in [0.2, 0.25) is 0 Å². The zero-order valence-corrected chi connectivity index (χ0v) is 20.7. The molecule has 0 saturated carbocycles. The average molecular weight is 501 g/mol. The van der Waals surface area contributed by atoms with E-state index in [1.165, 1.54) is 12.1 Å². The summed E-state index contributed by atoms with van der Waals surface area (Å²) in [6.45, 7) is 7.37. The Balaban J connectivity index is 1.67. The van der Waals surface area contributed by atoms with E-state index in [0.717, 1.165) is 35.6 Å². The topological polar surface area (TPSA) is 84.9 Å². The smallest absolute Gasteiger partial charge is 0.339 e. The number of ether oxygens (including phenoxy) is 1. The van der Waals surface area contributed by atoms with Gasteiger partial charge in [-0.25, -0.2) is 9.18 Å². The van der Waals surface area contributed by atoms with Gasteiger partial charge in [-0.15, -0.1) is 0 Å². The van der Waals surface area contributed by atoms with E-state index in [0.29, 0.717) is 25.4 Å². The Morgan fingerprint density at radius 3 is 2.11 bits per heavy atom. The molecule has 0 radical (unpaired) electrons. The highest BCUT2D eigenvalue weighted by Crippen LogP contribution is 2.21. The molecule has 0 bridgehead atoms. The van der Waals surface area contributed by atoms with Crippen molar-refractivity contribution in [3.8, 4) is 11.5 Å². The summed E-state index contributed by atoms with van der Waals surface area (Å²) in [5, 5.41) is 2.90. The largest absolute Gasteiger partial charge is 0.494 e. The van der Waals surface area contributed by atoms with Crippen LogP contribution in [0.1, 0.15) is 26.3 Å². The van der Waals surface area contributed by atoms with Crippen molar-refractivity contribution in [2.24, 2.45) is 5.92 Å². The van der Waals surface area contributed by atoms with Gasteiger partial charge in [0.2, 0.25) is 0 Å². The summed E-state index contributed by atoms with van der Waals surface area (Å²) in [5.41, 5.74) is 1.46. The van der Waals surface area contributed by atoms with Gasteiger partial charge in [0, 0.05) is 18.8 Å². The van der Waals surface area contributed by atoms with Crippen molar-refractivity contribution in [3.63, 3.8) is 0 Å². The van der Waals surface area contributed by atoms with Gasteiger partial charge in [-0.05, 0) is 79.1 Å². The first-order chi connectivity index (χ1) is 16.7. The number of nitrogens with one attached hydrogen (secondary N) is 1. The number of benzene rings is 3. The van der Waals surface area contributed by atoms with Crippen molar-refractivity contribution in [2.75, 3.05) is 18.5 Å². The molecular weight excluding hydrogens is 471 g/mol. The van der Waals surface area contributed by atoms with E-state index in [9.17, 15) is 17.6 Å². The standard InChI is InChI=1S/C26H29FN2O5S/c1-4-33-23-13-9-22(10-14-23)28-26(30)29(17-19(2)3)18-20-5-11-24(12-6-20)34-35(31,32)25-15-7-21(27)8-16-25/h5-16,19H,4,17-18H2,1-3H3,(H,28,30). The number of rotatable bonds is 10. The second-order valence-electron chi connectivity index (χ2n) is 8.30. The Morgan fingerprint density at radius 1 is 0.943 bits per heavy atom. The average Bonchev–Trinajstić information content (AvgIpc) is 2.81. The maximum Gasteiger partial charge on any atom is 0.339 e. The number of nitrogens with zero attached hydrogens (tertiary/aromatic N) is 1. The third-order valence-corrected chi connectivity index (χ3v) is 6.16. The van der Waals surface area contributed by atoms with Crippen LogP contribution in [0.4, 0.5) is 14.9 Å². The van der Waals surface area contributed by atoms with Crippen LogP contribution in [0.5, 0.6) is 11.5 Å². The van der Waals surface area contributed by atoms with Crippen molar-refractivity contribution in [3.05, 3.63) is 84.2 Å². The van der Waals surface area contributed by atoms with E-state index in [-0.39, 0.29) is 22.6 Å². The number of carbonyl (C=O) groups is 1. The molecule has 0 spiro atoms. The minimum absolute atomic E-state index is 0.118. The van der Waals surface area contributed by atoms with Gasteiger partial charge in [-0.2, -0.15) is 8.42 Å². The van der Waals surface area contributed by atoms with Crippen molar-refractivity contribution in [2.45, 2.75) is 32.2 Å². The molecule has 0 atom stereocenters. The van der Waals surface area contributed by atoms with Crippen molar-refractivity contribution in [1.29, 1.82) is 0 Å². The molecule has 7 nitrogen and oxygen atoms in total. The summed E-state index contributed by atoms with van der Waals surface area (Å²) in [7, 11) is -4.09. The highest BCUT2D eigenvalue weighted by atomic mass is 32.2. The summed E-state index contributed by atoms with van der Waals surface area (Å²) >= 11 is 0. The number of urea groups is 1. The Morgan fingerprint density at radius 2 is 1.54 bits per heavy atom. The predicted octanol–water partition coefficient (Wildman–Crippen LogP) is 5.68. The highest BCUT2D eigenvalue weighted by molar-refractivity contribution is 7.87. The van der Waals surface area contributed by atoms with Crippen LogP contribution < -0.4 is 14.2 Å². The number of halogens is 1. The summed E-state index contributed by atoms with van der Waals surface area (Å²) in [4.78, 5) is 14.5. The van der Waals surface area contributed by atoms with Gasteiger partial charge in [-0.1, -0.05) is 26.0 Å². The van der Waals surface area contributed by atoms with Gasteiger partial charge < -0.3 is 19.1 Å². The zero-order valence-electron chi connectivity index (χ0n) is 19.9. The van der Waals surface area contributed by atoms with Crippen LogP contribution in [0.3, 0.4) is 0 Å². The maximum absolute atomic E-state index is 13.1. The molecule has 2 amide bonds. The molecule has 0 fully saturated rings. The Bertz CT molecular complexity index is 1210. The zero-order chi connectivity index (χ0) is 25.4. The molecule has 0 aliphatic rings. The third-order valence-electron chi connectivity index (χ3n) is 4.89. The van der Waals surface area contributed by atoms with Gasteiger partial charge in [-0.3, -0.25) is 0 Å². The Kier molecular flexibility index (Phi) is 8.70. The quantitative estimate of drug-likeness (QED) is 0.362. The highest BCUT2D eigenvalue weighted by Gasteiger charge is 2.18. The lowest BCUT2D eigenvalue weighted by Gasteiger charge is -2.25. The summed E-state index contributed by atoms with van der Waals surface area (Å²) in [5.74, 6) is 0.552. The molecule has 0 aromatic heterocycles. The number of amides is 2. The first-order valence-electron chi connectivity index (χ1n) is 11.2. The Hall–Kier alpha value is -3.59. The molecule has 0 aliphatic carbocycles. The molecule has 1 N–H and O–H groups in total. The van der Waals surface area contributed by atoms with E-state index >= 15 is 0 Å². The van der Waals surface area contributed by atoms with Crippen molar-refractivity contribution >= 4 is 21.8 Å². The van der Waals surface area contributed by atoms with Crippen molar-refractivity contribution in [1.82, 2.24) is 4.90 Å². The van der Waals surface area contributed by atoms with Crippen LogP contribution in [0.25, 0.3) is 0 Å². The summed E-state index contributed by atoms with van der Waals surface area (Å²) in [6.07, 6.45) is 0. The SMILES string of the molecule is CCOc1ccc(NC(=O)N(Cc2ccc(OS(=O)(=O)c3ccc(F)cc3)cc2)CC(C)C)cc1. The van der Waals surface area contributed by atoms with Crippen LogP contribution in [-0.2, 0) is 16.7 Å². The molecule has 0 unspecified atom stereocenters. The van der Waals surface area contributed by atoms with E-state index < -0.39 is 15.9 Å². The van der Waals surface area contributed by atoms with E-state index in [1.54, 1.807) is 41.3 Å². The van der Waals surface area contributed by atoms with E-state index in [4.69, 9.17) is 8.92 Å². The normalized spacial score (nSPS) is 11.2. The molecule has 35 heavy (non-hydrogen) atoms. The molecule has 3 aromatic carbocycles. The van der Waals surface area contributed by atoms with Crippen molar-refractivity contribution < 1.29 is 26.5 Å². The van der Waals surface area contributed by atoms with Crippen LogP contribution >= 0.6 is 0 Å². The lowest BCUT2D eigenvalue weighted by molar-refractivity contribution is 0.201. The molecule has 3 aromatic rings. The minimum atomic E-state index is -4.09. The van der Waals surface area contributed by atoms with Gasteiger partial charge in [0.05, 0.1) is 6.61 Å². The molecule has 0 heterocycles. The fourth-order valence-corrected chi connectivity index (χ4v) is 4.24.